The number of thiophene rings is 1. The Morgan fingerprint density at radius 1 is 1.10 bits per heavy atom. The Balaban J connectivity index is 2.85. The molecule has 6 nitrogen and oxygen atoms in total. The molecule has 1 N–H and O–H groups in total. The molecule has 0 unspecified atom stereocenters. The third kappa shape index (κ3) is 6.48. The predicted molar refractivity (Wildman–Crippen MR) is 82.4 cm³/mol. The van der Waals surface area contributed by atoms with Crippen molar-refractivity contribution in [1.29, 1.82) is 0 Å². The Labute approximate surface area is 129 Å². The summed E-state index contributed by atoms with van der Waals surface area (Å²) in [5.41, 5.74) is 1.09. The van der Waals surface area contributed by atoms with Gasteiger partial charge in [0.25, 0.3) is 0 Å². The average molecular weight is 314 g/mol. The Hall–Kier alpha value is -1.76. The smallest absolute Gasteiger partial charge is 0.434 e. The third-order valence-corrected chi connectivity index (χ3v) is 2.76. The van der Waals surface area contributed by atoms with E-state index in [-0.39, 0.29) is 0 Å². The van der Waals surface area contributed by atoms with Crippen LogP contribution in [0.25, 0.3) is 0 Å². The first-order valence-corrected chi connectivity index (χ1v) is 7.42. The van der Waals surface area contributed by atoms with Gasteiger partial charge < -0.3 is 9.47 Å². The number of nitrogens with one attached hydrogen (secondary N) is 1. The molecule has 0 saturated carbocycles. The highest BCUT2D eigenvalue weighted by Crippen LogP contribution is 2.22. The highest BCUT2D eigenvalue weighted by Gasteiger charge is 2.27. The lowest BCUT2D eigenvalue weighted by Crippen LogP contribution is -2.49. The summed E-state index contributed by atoms with van der Waals surface area (Å²) in [5, 5.41) is 3.38. The lowest BCUT2D eigenvalue weighted by Gasteiger charge is -2.27. The molecule has 1 aromatic heterocycles. The predicted octanol–water partition coefficient (Wildman–Crippen LogP) is 3.93. The molecule has 118 valence electrons. The molecule has 0 bridgehead atoms. The molecule has 0 aliphatic rings. The monoisotopic (exact) mass is 314 g/mol. The Kier molecular flexibility index (Phi) is 5.22. The van der Waals surface area contributed by atoms with E-state index in [4.69, 9.17) is 9.47 Å². The van der Waals surface area contributed by atoms with Gasteiger partial charge in [-0.2, -0.15) is 5.01 Å². The number of hydrazine groups is 1. The second-order valence-corrected chi connectivity index (χ2v) is 7.31. The van der Waals surface area contributed by atoms with Crippen LogP contribution >= 0.6 is 11.3 Å². The largest absolute Gasteiger partial charge is 0.443 e. The van der Waals surface area contributed by atoms with Crippen LogP contribution < -0.4 is 10.4 Å². The molecule has 0 saturated heterocycles. The van der Waals surface area contributed by atoms with Crippen LogP contribution in [0.2, 0.25) is 0 Å². The molecule has 0 aliphatic heterocycles. The maximum atomic E-state index is 12.2. The summed E-state index contributed by atoms with van der Waals surface area (Å²) in [7, 11) is 0. The van der Waals surface area contributed by atoms with Crippen molar-refractivity contribution in [2.45, 2.75) is 52.7 Å². The van der Waals surface area contributed by atoms with E-state index < -0.39 is 23.4 Å². The van der Waals surface area contributed by atoms with E-state index in [0.29, 0.717) is 5.00 Å². The lowest BCUT2D eigenvalue weighted by atomic mass is 10.2. The Morgan fingerprint density at radius 2 is 1.67 bits per heavy atom. The molecule has 1 aromatic rings. The molecule has 0 aliphatic carbocycles. The summed E-state index contributed by atoms with van der Waals surface area (Å²) in [6.07, 6.45) is -1.39. The minimum absolute atomic E-state index is 0.537. The first kappa shape index (κ1) is 17.3. The molecule has 0 aromatic carbocycles. The standard InChI is InChI=1S/C14H22N2O4S/c1-13(2,3)19-11(17)15-16(10-8-7-9-21-10)12(18)20-14(4,5)6/h7-9H,1-6H3,(H,15,17). The number of rotatable bonds is 1. The number of carbonyl (C=O) groups excluding carboxylic acids is 2. The van der Waals surface area contributed by atoms with E-state index >= 15 is 0 Å². The topological polar surface area (TPSA) is 67.9 Å². The molecular formula is C14H22N2O4S. The quantitative estimate of drug-likeness (QED) is 0.797. The van der Waals surface area contributed by atoms with Crippen LogP contribution in [0.4, 0.5) is 14.6 Å². The van der Waals surface area contributed by atoms with Crippen LogP contribution in [0, 0.1) is 0 Å². The number of anilines is 1. The van der Waals surface area contributed by atoms with Crippen molar-refractivity contribution in [2.75, 3.05) is 5.01 Å². The molecule has 21 heavy (non-hydrogen) atoms. The van der Waals surface area contributed by atoms with E-state index in [1.807, 2.05) is 0 Å². The van der Waals surface area contributed by atoms with E-state index in [0.717, 1.165) is 5.01 Å². The second-order valence-electron chi connectivity index (χ2n) is 6.38. The van der Waals surface area contributed by atoms with E-state index in [1.54, 1.807) is 59.1 Å². The summed E-state index contributed by atoms with van der Waals surface area (Å²) in [4.78, 5) is 24.1. The van der Waals surface area contributed by atoms with Crippen molar-refractivity contribution in [1.82, 2.24) is 5.43 Å². The summed E-state index contributed by atoms with van der Waals surface area (Å²) in [6, 6.07) is 3.47. The second kappa shape index (κ2) is 6.34. The van der Waals surface area contributed by atoms with Crippen molar-refractivity contribution in [3.63, 3.8) is 0 Å². The number of ether oxygens (including phenoxy) is 2. The molecule has 0 fully saturated rings. The molecule has 0 spiro atoms. The van der Waals surface area contributed by atoms with Gasteiger partial charge in [-0.15, -0.1) is 11.3 Å². The summed E-state index contributed by atoms with van der Waals surface area (Å²) in [5.74, 6) is 0. The normalized spacial score (nSPS) is 11.7. The van der Waals surface area contributed by atoms with Gasteiger partial charge in [-0.25, -0.2) is 15.0 Å². The van der Waals surface area contributed by atoms with Gasteiger partial charge in [-0.05, 0) is 59.1 Å². The molecule has 0 atom stereocenters. The number of hydrogen-bond donors (Lipinski definition) is 1. The number of hydrogen-bond acceptors (Lipinski definition) is 5. The van der Waals surface area contributed by atoms with E-state index in [2.05, 4.69) is 5.43 Å². The minimum Gasteiger partial charge on any atom is -0.443 e. The SMILES string of the molecule is CC(C)(C)OC(=O)NN(C(=O)OC(C)(C)C)c1cccs1. The Morgan fingerprint density at radius 3 is 2.10 bits per heavy atom. The van der Waals surface area contributed by atoms with Crippen molar-refractivity contribution in [2.24, 2.45) is 0 Å². The highest BCUT2D eigenvalue weighted by atomic mass is 32.1. The first-order chi connectivity index (χ1) is 9.48. The zero-order valence-electron chi connectivity index (χ0n) is 13.2. The van der Waals surface area contributed by atoms with Gasteiger partial charge in [0.2, 0.25) is 0 Å². The van der Waals surface area contributed by atoms with Crippen molar-refractivity contribution < 1.29 is 19.1 Å². The zero-order valence-corrected chi connectivity index (χ0v) is 14.0. The molecule has 2 amide bonds. The lowest BCUT2D eigenvalue weighted by molar-refractivity contribution is 0.0426. The third-order valence-electron chi connectivity index (χ3n) is 1.90. The van der Waals surface area contributed by atoms with Gasteiger partial charge >= 0.3 is 12.2 Å². The van der Waals surface area contributed by atoms with Gasteiger partial charge in [-0.1, -0.05) is 0 Å². The van der Waals surface area contributed by atoms with Gasteiger partial charge in [0.05, 0.1) is 0 Å². The minimum atomic E-state index is -0.721. The van der Waals surface area contributed by atoms with Gasteiger partial charge in [0.15, 0.2) is 0 Å². The average Bonchev–Trinajstić information content (AvgIpc) is 2.73. The van der Waals surface area contributed by atoms with E-state index in [9.17, 15) is 9.59 Å². The van der Waals surface area contributed by atoms with Crippen molar-refractivity contribution in [3.05, 3.63) is 17.5 Å². The zero-order chi connectivity index (χ0) is 16.3. The fraction of sp³-hybridized carbons (Fsp3) is 0.571. The number of carbonyl (C=O) groups is 2. The maximum Gasteiger partial charge on any atom is 0.434 e. The fourth-order valence-corrected chi connectivity index (χ4v) is 1.97. The van der Waals surface area contributed by atoms with Crippen molar-refractivity contribution >= 4 is 28.5 Å². The van der Waals surface area contributed by atoms with Crippen LogP contribution in [-0.4, -0.2) is 23.4 Å². The van der Waals surface area contributed by atoms with Crippen LogP contribution in [0.1, 0.15) is 41.5 Å². The van der Waals surface area contributed by atoms with E-state index in [1.165, 1.54) is 11.3 Å². The van der Waals surface area contributed by atoms with Gasteiger partial charge in [-0.3, -0.25) is 0 Å². The summed E-state index contributed by atoms with van der Waals surface area (Å²) in [6.45, 7) is 10.5. The first-order valence-electron chi connectivity index (χ1n) is 6.54. The summed E-state index contributed by atoms with van der Waals surface area (Å²) < 4.78 is 10.4. The van der Waals surface area contributed by atoms with Crippen LogP contribution in [0.15, 0.2) is 17.5 Å². The van der Waals surface area contributed by atoms with Crippen LogP contribution in [0.3, 0.4) is 0 Å². The van der Waals surface area contributed by atoms with Gasteiger partial charge in [0.1, 0.15) is 16.2 Å². The van der Waals surface area contributed by atoms with Gasteiger partial charge in [0, 0.05) is 0 Å². The summed E-state index contributed by atoms with van der Waals surface area (Å²) >= 11 is 1.30. The Bertz CT molecular complexity index is 486. The molecule has 1 heterocycles. The maximum absolute atomic E-state index is 12.2. The fourth-order valence-electron chi connectivity index (χ4n) is 1.29. The number of nitrogens with zero attached hydrogens (tertiary/aromatic N) is 1. The van der Waals surface area contributed by atoms with Crippen LogP contribution in [0.5, 0.6) is 0 Å². The van der Waals surface area contributed by atoms with Crippen LogP contribution in [-0.2, 0) is 9.47 Å². The molecule has 1 rings (SSSR count). The molecule has 7 heteroatoms. The van der Waals surface area contributed by atoms with Crippen molar-refractivity contribution in [3.8, 4) is 0 Å². The number of amides is 2. The molecular weight excluding hydrogens is 292 g/mol. The molecule has 0 radical (unpaired) electrons. The highest BCUT2D eigenvalue weighted by molar-refractivity contribution is 7.14.